The highest BCUT2D eigenvalue weighted by Gasteiger charge is 2.20. The first-order valence-corrected chi connectivity index (χ1v) is 10.6. The highest BCUT2D eigenvalue weighted by atomic mass is 79.9. The molecule has 2 aromatic rings. The van der Waals surface area contributed by atoms with Crippen molar-refractivity contribution in [1.29, 1.82) is 0 Å². The molecule has 0 atom stereocenters. The van der Waals surface area contributed by atoms with E-state index in [4.69, 9.17) is 4.74 Å². The van der Waals surface area contributed by atoms with Gasteiger partial charge in [0, 0.05) is 55.7 Å². The van der Waals surface area contributed by atoms with E-state index in [0.29, 0.717) is 38.2 Å². The molecule has 0 radical (unpaired) electrons. The summed E-state index contributed by atoms with van der Waals surface area (Å²) < 4.78 is 6.66. The molecule has 0 aliphatic carbocycles. The average Bonchev–Trinajstić information content (AvgIpc) is 2.75. The predicted molar refractivity (Wildman–Crippen MR) is 116 cm³/mol. The van der Waals surface area contributed by atoms with E-state index >= 15 is 0 Å². The minimum Gasteiger partial charge on any atom is -0.492 e. The predicted octanol–water partition coefficient (Wildman–Crippen LogP) is 2.79. The molecule has 1 heterocycles. The molecule has 1 N–H and O–H groups in total. The number of rotatable bonds is 8. The second-order valence-electron chi connectivity index (χ2n) is 6.90. The number of carbonyl (C=O) groups excluding carboxylic acids is 2. The number of carbonyl (C=O) groups is 2. The van der Waals surface area contributed by atoms with Gasteiger partial charge in [0.2, 0.25) is 5.91 Å². The summed E-state index contributed by atoms with van der Waals surface area (Å²) in [5.74, 6) is 0.807. The maximum Gasteiger partial charge on any atom is 0.251 e. The van der Waals surface area contributed by atoms with Crippen molar-refractivity contribution in [1.82, 2.24) is 15.1 Å². The van der Waals surface area contributed by atoms with E-state index in [9.17, 15) is 9.59 Å². The summed E-state index contributed by atoms with van der Waals surface area (Å²) in [6, 6.07) is 16.9. The van der Waals surface area contributed by atoms with E-state index in [1.165, 1.54) is 0 Å². The van der Waals surface area contributed by atoms with Crippen molar-refractivity contribution in [2.24, 2.45) is 0 Å². The van der Waals surface area contributed by atoms with Crippen molar-refractivity contribution < 1.29 is 14.3 Å². The molecule has 29 heavy (non-hydrogen) atoms. The smallest absolute Gasteiger partial charge is 0.251 e. The SMILES string of the molecule is O=C(NCCC(=O)N1CCN(CCOc2ccccc2)CC1)c1ccc(Br)cc1. The van der Waals surface area contributed by atoms with Crippen molar-refractivity contribution >= 4 is 27.7 Å². The Kier molecular flexibility index (Phi) is 8.07. The van der Waals surface area contributed by atoms with Crippen LogP contribution in [0.15, 0.2) is 59.1 Å². The zero-order chi connectivity index (χ0) is 20.5. The monoisotopic (exact) mass is 459 g/mol. The third kappa shape index (κ3) is 6.87. The Labute approximate surface area is 180 Å². The first-order chi connectivity index (χ1) is 14.1. The molecule has 0 saturated carbocycles. The minimum absolute atomic E-state index is 0.0845. The summed E-state index contributed by atoms with van der Waals surface area (Å²) in [5.41, 5.74) is 0.590. The van der Waals surface area contributed by atoms with Crippen LogP contribution >= 0.6 is 15.9 Å². The van der Waals surface area contributed by atoms with Crippen LogP contribution in [0.2, 0.25) is 0 Å². The molecule has 2 amide bonds. The lowest BCUT2D eigenvalue weighted by Crippen LogP contribution is -2.50. The fourth-order valence-corrected chi connectivity index (χ4v) is 3.44. The number of hydrogen-bond acceptors (Lipinski definition) is 4. The average molecular weight is 460 g/mol. The van der Waals surface area contributed by atoms with Gasteiger partial charge in [0.15, 0.2) is 0 Å². The van der Waals surface area contributed by atoms with E-state index in [1.807, 2.05) is 47.4 Å². The van der Waals surface area contributed by atoms with Gasteiger partial charge in [0.1, 0.15) is 12.4 Å². The number of hydrogen-bond donors (Lipinski definition) is 1. The van der Waals surface area contributed by atoms with Crippen LogP contribution in [0, 0.1) is 0 Å². The standard InChI is InChI=1S/C22H26BrN3O3/c23-19-8-6-18(7-9-19)22(28)24-11-10-21(27)26-14-12-25(13-15-26)16-17-29-20-4-2-1-3-5-20/h1-9H,10-17H2,(H,24,28). The van der Waals surface area contributed by atoms with Gasteiger partial charge in [-0.2, -0.15) is 0 Å². The molecule has 154 valence electrons. The fourth-order valence-electron chi connectivity index (χ4n) is 3.17. The number of piperazine rings is 1. The van der Waals surface area contributed by atoms with Crippen LogP contribution in [-0.2, 0) is 4.79 Å². The molecule has 2 aromatic carbocycles. The second kappa shape index (κ2) is 11.0. The number of ether oxygens (including phenoxy) is 1. The zero-order valence-electron chi connectivity index (χ0n) is 16.4. The Hall–Kier alpha value is -2.38. The molecule has 1 aliphatic heterocycles. The van der Waals surface area contributed by atoms with Gasteiger partial charge in [-0.05, 0) is 36.4 Å². The van der Waals surface area contributed by atoms with Gasteiger partial charge in [0.25, 0.3) is 5.91 Å². The van der Waals surface area contributed by atoms with Crippen LogP contribution in [0.3, 0.4) is 0 Å². The number of halogens is 1. The summed E-state index contributed by atoms with van der Waals surface area (Å²) in [4.78, 5) is 28.7. The number of amides is 2. The van der Waals surface area contributed by atoms with Crippen molar-refractivity contribution in [3.05, 3.63) is 64.6 Å². The molecule has 0 aromatic heterocycles. The van der Waals surface area contributed by atoms with Crippen LogP contribution in [0.1, 0.15) is 16.8 Å². The number of nitrogens with one attached hydrogen (secondary N) is 1. The van der Waals surface area contributed by atoms with Gasteiger partial charge in [-0.25, -0.2) is 0 Å². The van der Waals surface area contributed by atoms with Crippen LogP contribution in [0.25, 0.3) is 0 Å². The highest BCUT2D eigenvalue weighted by Crippen LogP contribution is 2.11. The molecule has 6 nitrogen and oxygen atoms in total. The van der Waals surface area contributed by atoms with Gasteiger partial charge in [0.05, 0.1) is 0 Å². The van der Waals surface area contributed by atoms with Gasteiger partial charge in [-0.15, -0.1) is 0 Å². The Bertz CT molecular complexity index is 791. The van der Waals surface area contributed by atoms with Crippen molar-refractivity contribution in [3.8, 4) is 5.75 Å². The molecule has 1 fully saturated rings. The summed E-state index contributed by atoms with van der Waals surface area (Å²) in [5, 5.41) is 2.81. The molecule has 1 aliphatic rings. The van der Waals surface area contributed by atoms with Crippen molar-refractivity contribution in [2.75, 3.05) is 45.9 Å². The highest BCUT2D eigenvalue weighted by molar-refractivity contribution is 9.10. The first kappa shape index (κ1) is 21.3. The number of nitrogens with zero attached hydrogens (tertiary/aromatic N) is 2. The number of para-hydroxylation sites is 1. The summed E-state index contributed by atoms with van der Waals surface area (Å²) in [6.45, 7) is 4.94. The summed E-state index contributed by atoms with van der Waals surface area (Å²) in [6.07, 6.45) is 0.319. The molecular weight excluding hydrogens is 434 g/mol. The zero-order valence-corrected chi connectivity index (χ0v) is 17.9. The van der Waals surface area contributed by atoms with E-state index in [-0.39, 0.29) is 11.8 Å². The Morgan fingerprint density at radius 2 is 1.66 bits per heavy atom. The van der Waals surface area contributed by atoms with Gasteiger partial charge in [-0.1, -0.05) is 34.1 Å². The van der Waals surface area contributed by atoms with E-state index < -0.39 is 0 Å². The molecule has 7 heteroatoms. The fraction of sp³-hybridized carbons (Fsp3) is 0.364. The Morgan fingerprint density at radius 3 is 2.34 bits per heavy atom. The van der Waals surface area contributed by atoms with Crippen LogP contribution in [0.5, 0.6) is 5.75 Å². The lowest BCUT2D eigenvalue weighted by Gasteiger charge is -2.34. The molecule has 3 rings (SSSR count). The third-order valence-electron chi connectivity index (χ3n) is 4.88. The molecule has 1 saturated heterocycles. The van der Waals surface area contributed by atoms with Crippen molar-refractivity contribution in [2.45, 2.75) is 6.42 Å². The van der Waals surface area contributed by atoms with Gasteiger partial charge >= 0.3 is 0 Å². The minimum atomic E-state index is -0.159. The molecular formula is C22H26BrN3O3. The Morgan fingerprint density at radius 1 is 0.966 bits per heavy atom. The first-order valence-electron chi connectivity index (χ1n) is 9.83. The third-order valence-corrected chi connectivity index (χ3v) is 5.40. The molecule has 0 unspecified atom stereocenters. The topological polar surface area (TPSA) is 61.9 Å². The molecule has 0 spiro atoms. The lowest BCUT2D eigenvalue weighted by molar-refractivity contribution is -0.132. The normalized spacial score (nSPS) is 14.4. The summed E-state index contributed by atoms with van der Waals surface area (Å²) >= 11 is 3.35. The Balaban J connectivity index is 1.30. The van der Waals surface area contributed by atoms with Crippen molar-refractivity contribution in [3.63, 3.8) is 0 Å². The maximum atomic E-state index is 12.4. The van der Waals surface area contributed by atoms with Crippen LogP contribution < -0.4 is 10.1 Å². The largest absolute Gasteiger partial charge is 0.492 e. The quantitative estimate of drug-likeness (QED) is 0.659. The van der Waals surface area contributed by atoms with Crippen LogP contribution in [-0.4, -0.2) is 67.5 Å². The maximum absolute atomic E-state index is 12.4. The van der Waals surface area contributed by atoms with Gasteiger partial charge < -0.3 is 15.0 Å². The van der Waals surface area contributed by atoms with E-state index in [0.717, 1.165) is 29.9 Å². The second-order valence-corrected chi connectivity index (χ2v) is 7.81. The van der Waals surface area contributed by atoms with Gasteiger partial charge in [-0.3, -0.25) is 14.5 Å². The number of benzene rings is 2. The van der Waals surface area contributed by atoms with E-state index in [1.54, 1.807) is 12.1 Å². The van der Waals surface area contributed by atoms with E-state index in [2.05, 4.69) is 26.1 Å². The summed E-state index contributed by atoms with van der Waals surface area (Å²) in [7, 11) is 0. The lowest BCUT2D eigenvalue weighted by atomic mass is 10.2. The molecule has 0 bridgehead atoms. The van der Waals surface area contributed by atoms with Crippen LogP contribution in [0.4, 0.5) is 0 Å².